The van der Waals surface area contributed by atoms with Crippen molar-refractivity contribution in [2.75, 3.05) is 37.7 Å². The average Bonchev–Trinajstić information content (AvgIpc) is 3.63. The highest BCUT2D eigenvalue weighted by Crippen LogP contribution is 2.40. The first-order valence-corrected chi connectivity index (χ1v) is 13.6. The van der Waals surface area contributed by atoms with Crippen LogP contribution in [-0.4, -0.2) is 68.4 Å². The van der Waals surface area contributed by atoms with Gasteiger partial charge in [-0.2, -0.15) is 15.1 Å². The van der Waals surface area contributed by atoms with Gasteiger partial charge in [-0.3, -0.25) is 15.0 Å². The minimum Gasteiger partial charge on any atom is -0.461 e. The van der Waals surface area contributed by atoms with Gasteiger partial charge in [-0.1, -0.05) is 0 Å². The number of halogens is 1. The van der Waals surface area contributed by atoms with Crippen LogP contribution in [0.4, 0.5) is 10.2 Å². The quantitative estimate of drug-likeness (QED) is 0.390. The maximum absolute atomic E-state index is 14.3. The van der Waals surface area contributed by atoms with Crippen LogP contribution in [0.2, 0.25) is 0 Å². The van der Waals surface area contributed by atoms with Crippen molar-refractivity contribution in [1.82, 2.24) is 30.0 Å². The molecule has 2 saturated heterocycles. The minimum absolute atomic E-state index is 0.0907. The van der Waals surface area contributed by atoms with Gasteiger partial charge in [-0.05, 0) is 88.4 Å². The molecule has 3 aromatic heterocycles. The average molecular weight is 514 g/mol. The predicted molar refractivity (Wildman–Crippen MR) is 146 cm³/mol. The molecule has 0 aliphatic carbocycles. The third-order valence-corrected chi connectivity index (χ3v) is 8.75. The van der Waals surface area contributed by atoms with E-state index in [9.17, 15) is 4.39 Å². The largest absolute Gasteiger partial charge is 0.461 e. The van der Waals surface area contributed by atoms with E-state index >= 15 is 0 Å². The van der Waals surface area contributed by atoms with Crippen LogP contribution in [0.5, 0.6) is 6.01 Å². The van der Waals surface area contributed by atoms with E-state index in [2.05, 4.69) is 35.0 Å². The Morgan fingerprint density at radius 1 is 1.05 bits per heavy atom. The molecule has 0 amide bonds. The summed E-state index contributed by atoms with van der Waals surface area (Å²) in [6, 6.07) is 4.47. The molecule has 196 valence electrons. The third kappa shape index (κ3) is 3.83. The zero-order valence-electron chi connectivity index (χ0n) is 21.9. The van der Waals surface area contributed by atoms with Crippen LogP contribution < -0.4 is 9.64 Å². The van der Waals surface area contributed by atoms with Crippen LogP contribution in [0.3, 0.4) is 0 Å². The standard InChI is InChI=1S/C29H32FN7O/c1-18-12-24-21(15-32-35-24)26(19(18)2)25-13-23-22(14-31-25)27(36-9-3-6-20(30)16-36)34-28(33-23)38-17-29-7-4-10-37(29)11-5-8-29/h6,12-15H,3-5,7-11,16-17H2,1-2H3,(H,32,35). The number of H-pyrrole nitrogens is 1. The molecule has 0 bridgehead atoms. The molecule has 6 heterocycles. The number of benzene rings is 1. The number of fused-ring (bicyclic) bond motifs is 3. The fraction of sp³-hybridized carbons (Fsp3) is 0.448. The Hall–Kier alpha value is -3.59. The molecule has 0 spiro atoms. The van der Waals surface area contributed by atoms with Crippen LogP contribution in [0.25, 0.3) is 33.1 Å². The van der Waals surface area contributed by atoms with Crippen molar-refractivity contribution in [3.63, 3.8) is 0 Å². The molecule has 7 rings (SSSR count). The van der Waals surface area contributed by atoms with E-state index in [0.29, 0.717) is 31.4 Å². The summed E-state index contributed by atoms with van der Waals surface area (Å²) in [5.41, 5.74) is 5.99. The van der Waals surface area contributed by atoms with E-state index in [-0.39, 0.29) is 17.9 Å². The van der Waals surface area contributed by atoms with Gasteiger partial charge >= 0.3 is 6.01 Å². The van der Waals surface area contributed by atoms with E-state index < -0.39 is 0 Å². The van der Waals surface area contributed by atoms with Gasteiger partial charge in [0.1, 0.15) is 18.3 Å². The molecule has 8 nitrogen and oxygen atoms in total. The second kappa shape index (κ2) is 9.01. The van der Waals surface area contributed by atoms with Crippen LogP contribution >= 0.6 is 0 Å². The molecule has 0 unspecified atom stereocenters. The van der Waals surface area contributed by atoms with Gasteiger partial charge in [-0.15, -0.1) is 0 Å². The number of aromatic nitrogens is 5. The minimum atomic E-state index is -0.140. The van der Waals surface area contributed by atoms with Crippen molar-refractivity contribution >= 4 is 27.6 Å². The van der Waals surface area contributed by atoms with Crippen molar-refractivity contribution in [1.29, 1.82) is 0 Å². The Bertz CT molecular complexity index is 1570. The summed E-state index contributed by atoms with van der Waals surface area (Å²) in [4.78, 5) is 19.1. The van der Waals surface area contributed by atoms with Gasteiger partial charge in [0.05, 0.1) is 40.4 Å². The van der Waals surface area contributed by atoms with Gasteiger partial charge in [0, 0.05) is 23.7 Å². The topological polar surface area (TPSA) is 83.1 Å². The molecular weight excluding hydrogens is 481 g/mol. The predicted octanol–water partition coefficient (Wildman–Crippen LogP) is 5.26. The Labute approximate surface area is 220 Å². The molecule has 9 heteroatoms. The molecule has 3 aliphatic rings. The lowest BCUT2D eigenvalue weighted by Crippen LogP contribution is -2.43. The Kier molecular flexibility index (Phi) is 5.58. The van der Waals surface area contributed by atoms with Crippen LogP contribution in [0.1, 0.15) is 43.2 Å². The smallest absolute Gasteiger partial charge is 0.319 e. The summed E-state index contributed by atoms with van der Waals surface area (Å²) in [7, 11) is 0. The lowest BCUT2D eigenvalue weighted by atomic mass is 9.95. The van der Waals surface area contributed by atoms with Crippen molar-refractivity contribution < 1.29 is 9.13 Å². The van der Waals surface area contributed by atoms with E-state index in [1.165, 1.54) is 18.4 Å². The SMILES string of the molecule is Cc1cc2[nH]ncc2c(-c2cc3nc(OCC45CCCN4CCC5)nc(N4CCC=C(F)C4)c3cn2)c1C. The highest BCUT2D eigenvalue weighted by molar-refractivity contribution is 5.99. The van der Waals surface area contributed by atoms with Gasteiger partial charge in [0.2, 0.25) is 0 Å². The van der Waals surface area contributed by atoms with Crippen molar-refractivity contribution in [3.05, 3.63) is 47.6 Å². The summed E-state index contributed by atoms with van der Waals surface area (Å²) in [5, 5.41) is 9.17. The van der Waals surface area contributed by atoms with Crippen LogP contribution in [0, 0.1) is 13.8 Å². The van der Waals surface area contributed by atoms with Crippen molar-refractivity contribution in [2.45, 2.75) is 51.5 Å². The van der Waals surface area contributed by atoms with E-state index in [0.717, 1.165) is 64.6 Å². The van der Waals surface area contributed by atoms with E-state index in [4.69, 9.17) is 19.7 Å². The molecule has 38 heavy (non-hydrogen) atoms. The molecule has 2 fully saturated rings. The summed E-state index contributed by atoms with van der Waals surface area (Å²) < 4.78 is 20.7. The summed E-state index contributed by atoms with van der Waals surface area (Å²) in [6.45, 7) is 7.94. The number of ether oxygens (including phenoxy) is 1. The van der Waals surface area contributed by atoms with Gasteiger partial charge in [0.25, 0.3) is 0 Å². The van der Waals surface area contributed by atoms with Gasteiger partial charge < -0.3 is 9.64 Å². The fourth-order valence-electron chi connectivity index (χ4n) is 6.63. The van der Waals surface area contributed by atoms with Crippen LogP contribution in [0.15, 0.2) is 36.4 Å². The number of hydrogen-bond donors (Lipinski definition) is 1. The fourth-order valence-corrected chi connectivity index (χ4v) is 6.63. The normalized spacial score (nSPS) is 19.3. The number of aromatic amines is 1. The maximum Gasteiger partial charge on any atom is 0.319 e. The Balaban J connectivity index is 1.33. The third-order valence-electron chi connectivity index (χ3n) is 8.75. The molecule has 1 N–H and O–H groups in total. The number of nitrogens with one attached hydrogen (secondary N) is 1. The highest BCUT2D eigenvalue weighted by atomic mass is 19.1. The zero-order chi connectivity index (χ0) is 25.9. The molecule has 4 aromatic rings. The molecule has 3 aliphatic heterocycles. The van der Waals surface area contributed by atoms with Gasteiger partial charge in [-0.25, -0.2) is 4.39 Å². The number of rotatable bonds is 5. The van der Waals surface area contributed by atoms with Crippen molar-refractivity contribution in [2.24, 2.45) is 0 Å². The summed E-state index contributed by atoms with van der Waals surface area (Å²) in [5.74, 6) is 0.535. The number of aryl methyl sites for hydroxylation is 1. The molecule has 0 radical (unpaired) electrons. The summed E-state index contributed by atoms with van der Waals surface area (Å²) in [6.07, 6.45) is 10.7. The number of nitrogens with zero attached hydrogens (tertiary/aromatic N) is 6. The Morgan fingerprint density at radius 2 is 1.89 bits per heavy atom. The monoisotopic (exact) mass is 513 g/mol. The van der Waals surface area contributed by atoms with Crippen LogP contribution in [-0.2, 0) is 0 Å². The second-order valence-corrected chi connectivity index (χ2v) is 11.0. The molecular formula is C29H32FN7O. The maximum atomic E-state index is 14.3. The zero-order valence-corrected chi connectivity index (χ0v) is 21.9. The lowest BCUT2D eigenvalue weighted by molar-refractivity contribution is 0.108. The number of hydrogen-bond acceptors (Lipinski definition) is 7. The molecule has 0 saturated carbocycles. The highest BCUT2D eigenvalue weighted by Gasteiger charge is 2.45. The number of anilines is 1. The van der Waals surface area contributed by atoms with Crippen molar-refractivity contribution in [3.8, 4) is 17.3 Å². The van der Waals surface area contributed by atoms with Gasteiger partial charge in [0.15, 0.2) is 0 Å². The first-order chi connectivity index (χ1) is 18.5. The lowest BCUT2D eigenvalue weighted by Gasteiger charge is -2.31. The van der Waals surface area contributed by atoms with E-state index in [1.54, 1.807) is 6.08 Å². The second-order valence-electron chi connectivity index (χ2n) is 11.0. The first kappa shape index (κ1) is 23.5. The Morgan fingerprint density at radius 3 is 2.71 bits per heavy atom. The summed E-state index contributed by atoms with van der Waals surface area (Å²) >= 11 is 0. The number of pyridine rings is 1. The van der Waals surface area contributed by atoms with E-state index in [1.807, 2.05) is 23.4 Å². The molecule has 0 atom stereocenters. The first-order valence-electron chi connectivity index (χ1n) is 13.6. The molecule has 1 aromatic carbocycles.